The Hall–Kier alpha value is -1.06. The molecule has 100 valence electrons. The van der Waals surface area contributed by atoms with Crippen molar-refractivity contribution in [3.63, 3.8) is 0 Å². The average Bonchev–Trinajstić information content (AvgIpc) is 2.14. The molecule has 0 radical (unpaired) electrons. The summed E-state index contributed by atoms with van der Waals surface area (Å²) in [5.41, 5.74) is 0. The van der Waals surface area contributed by atoms with Crippen LogP contribution in [-0.4, -0.2) is 12.0 Å². The van der Waals surface area contributed by atoms with Crippen molar-refractivity contribution in [1.29, 1.82) is 0 Å². The van der Waals surface area contributed by atoms with Crippen LogP contribution in [0.3, 0.4) is 0 Å². The number of hydrogen-bond donors (Lipinski definition) is 0. The molecule has 0 N–H and O–H groups in total. The van der Waals surface area contributed by atoms with Crippen LogP contribution >= 0.6 is 11.6 Å². The monoisotopic (exact) mass is 294 g/mol. The molecule has 0 saturated heterocycles. The highest BCUT2D eigenvalue weighted by molar-refractivity contribution is 6.28. The quantitative estimate of drug-likeness (QED) is 0.543. The maximum absolute atomic E-state index is 12.3. The van der Waals surface area contributed by atoms with E-state index in [1.54, 1.807) is 0 Å². The minimum Gasteiger partial charge on any atom is -0.398 e. The fourth-order valence-electron chi connectivity index (χ4n) is 0.462. The summed E-state index contributed by atoms with van der Waals surface area (Å²) in [6.45, 7) is 0. The van der Waals surface area contributed by atoms with Crippen LogP contribution in [0.5, 0.6) is 0 Å². The van der Waals surface area contributed by atoms with E-state index in [1.165, 1.54) is 0 Å². The highest BCUT2D eigenvalue weighted by Crippen LogP contribution is 2.44. The van der Waals surface area contributed by atoms with Crippen LogP contribution < -0.4 is 0 Å². The van der Waals surface area contributed by atoms with Crippen molar-refractivity contribution in [2.75, 3.05) is 0 Å². The zero-order valence-electron chi connectivity index (χ0n) is 7.19. The molecular formula is C6ClF9O. The van der Waals surface area contributed by atoms with Crippen molar-refractivity contribution in [3.8, 4) is 0 Å². The van der Waals surface area contributed by atoms with E-state index in [1.807, 2.05) is 0 Å². The van der Waals surface area contributed by atoms with Gasteiger partial charge in [-0.3, -0.25) is 0 Å². The number of hydrogen-bond acceptors (Lipinski definition) is 1. The summed E-state index contributed by atoms with van der Waals surface area (Å²) in [6.07, 6.45) is -9.87. The van der Waals surface area contributed by atoms with E-state index in [9.17, 15) is 39.5 Å². The summed E-state index contributed by atoms with van der Waals surface area (Å²) >= 11 is 4.11. The molecule has 0 aromatic rings. The van der Waals surface area contributed by atoms with Crippen molar-refractivity contribution in [2.45, 2.75) is 12.0 Å². The first-order valence-corrected chi connectivity index (χ1v) is 3.68. The van der Waals surface area contributed by atoms with E-state index in [2.05, 4.69) is 16.3 Å². The van der Waals surface area contributed by atoms with Crippen LogP contribution in [0.15, 0.2) is 23.2 Å². The highest BCUT2D eigenvalue weighted by atomic mass is 35.5. The molecule has 0 aliphatic carbocycles. The lowest BCUT2D eigenvalue weighted by Gasteiger charge is -2.23. The topological polar surface area (TPSA) is 9.23 Å². The van der Waals surface area contributed by atoms with Gasteiger partial charge in [0, 0.05) is 0 Å². The summed E-state index contributed by atoms with van der Waals surface area (Å²) in [5, 5.41) is -2.58. The molecule has 17 heavy (non-hydrogen) atoms. The van der Waals surface area contributed by atoms with Crippen LogP contribution in [-0.2, 0) is 4.74 Å². The molecule has 0 amide bonds. The lowest BCUT2D eigenvalue weighted by atomic mass is 10.3. The molecule has 0 saturated carbocycles. The summed E-state index contributed by atoms with van der Waals surface area (Å²) < 4.78 is 110. The van der Waals surface area contributed by atoms with E-state index >= 15 is 0 Å². The SMILES string of the molecule is FC(F)=C(F)C(F)(F)C(F)(F)OC(F)=C(F)Cl. The van der Waals surface area contributed by atoms with E-state index in [0.717, 1.165) is 0 Å². The van der Waals surface area contributed by atoms with Gasteiger partial charge in [-0.15, -0.1) is 0 Å². The molecule has 0 bridgehead atoms. The van der Waals surface area contributed by atoms with Crippen molar-refractivity contribution in [3.05, 3.63) is 23.2 Å². The Morgan fingerprint density at radius 2 is 1.29 bits per heavy atom. The average molecular weight is 294 g/mol. The van der Waals surface area contributed by atoms with Crippen LogP contribution in [0.1, 0.15) is 0 Å². The third kappa shape index (κ3) is 3.45. The molecule has 0 atom stereocenters. The maximum Gasteiger partial charge on any atom is 0.473 e. The highest BCUT2D eigenvalue weighted by Gasteiger charge is 2.65. The zero-order chi connectivity index (χ0) is 14.0. The zero-order valence-corrected chi connectivity index (χ0v) is 7.94. The van der Waals surface area contributed by atoms with Crippen LogP contribution in [0.4, 0.5) is 39.5 Å². The number of ether oxygens (including phenoxy) is 1. The van der Waals surface area contributed by atoms with Crippen molar-refractivity contribution >= 4 is 11.6 Å². The van der Waals surface area contributed by atoms with Crippen LogP contribution in [0, 0.1) is 0 Å². The first kappa shape index (κ1) is 15.9. The van der Waals surface area contributed by atoms with Gasteiger partial charge in [0.1, 0.15) is 0 Å². The maximum atomic E-state index is 12.3. The van der Waals surface area contributed by atoms with E-state index < -0.39 is 35.2 Å². The van der Waals surface area contributed by atoms with Crippen molar-refractivity contribution in [1.82, 2.24) is 0 Å². The summed E-state index contributed by atoms with van der Waals surface area (Å²) in [6, 6.07) is -3.01. The third-order valence-corrected chi connectivity index (χ3v) is 1.32. The van der Waals surface area contributed by atoms with Gasteiger partial charge in [0.25, 0.3) is 5.29 Å². The number of rotatable bonds is 4. The smallest absolute Gasteiger partial charge is 0.398 e. The summed E-state index contributed by atoms with van der Waals surface area (Å²) in [7, 11) is 0. The minimum absolute atomic E-state index is 2.35. The number of halogens is 10. The Morgan fingerprint density at radius 1 is 0.882 bits per heavy atom. The molecule has 0 aliphatic rings. The van der Waals surface area contributed by atoms with Crippen molar-refractivity contribution in [2.24, 2.45) is 0 Å². The van der Waals surface area contributed by atoms with E-state index in [4.69, 9.17) is 0 Å². The molecule has 0 fully saturated rings. The Labute approximate surface area is 92.1 Å². The van der Waals surface area contributed by atoms with Gasteiger partial charge in [-0.1, -0.05) is 0 Å². The fourth-order valence-corrected chi connectivity index (χ4v) is 0.500. The molecule has 0 aromatic carbocycles. The molecule has 0 unspecified atom stereocenters. The molecule has 0 aromatic heterocycles. The first-order valence-electron chi connectivity index (χ1n) is 3.30. The lowest BCUT2D eigenvalue weighted by Crippen LogP contribution is -2.43. The Kier molecular flexibility index (Phi) is 4.75. The Balaban J connectivity index is 5.33. The van der Waals surface area contributed by atoms with Gasteiger partial charge in [0.2, 0.25) is 5.83 Å². The second-order valence-corrected chi connectivity index (χ2v) is 2.63. The fraction of sp³-hybridized carbons (Fsp3) is 0.333. The van der Waals surface area contributed by atoms with Crippen LogP contribution in [0.2, 0.25) is 0 Å². The summed E-state index contributed by atoms with van der Waals surface area (Å²) in [5.74, 6) is -10.0. The molecule has 11 heteroatoms. The normalized spacial score (nSPS) is 14.2. The molecule has 1 nitrogen and oxygen atoms in total. The molecule has 0 heterocycles. The summed E-state index contributed by atoms with van der Waals surface area (Å²) in [4.78, 5) is 0. The van der Waals surface area contributed by atoms with E-state index in [-0.39, 0.29) is 0 Å². The number of alkyl halides is 4. The van der Waals surface area contributed by atoms with Gasteiger partial charge in [-0.05, 0) is 11.6 Å². The predicted octanol–water partition coefficient (Wildman–Crippen LogP) is 4.61. The first-order chi connectivity index (χ1) is 7.43. The third-order valence-electron chi connectivity index (χ3n) is 1.17. The molecular weight excluding hydrogens is 294 g/mol. The van der Waals surface area contributed by atoms with Crippen LogP contribution in [0.25, 0.3) is 0 Å². The Morgan fingerprint density at radius 3 is 1.59 bits per heavy atom. The van der Waals surface area contributed by atoms with Crippen molar-refractivity contribution < 1.29 is 44.3 Å². The van der Waals surface area contributed by atoms with Gasteiger partial charge < -0.3 is 4.74 Å². The van der Waals surface area contributed by atoms with Gasteiger partial charge in [-0.25, -0.2) is 0 Å². The van der Waals surface area contributed by atoms with E-state index in [0.29, 0.717) is 0 Å². The largest absolute Gasteiger partial charge is 0.473 e. The van der Waals surface area contributed by atoms with Gasteiger partial charge >= 0.3 is 24.1 Å². The minimum atomic E-state index is -6.20. The molecule has 0 spiro atoms. The second-order valence-electron chi connectivity index (χ2n) is 2.30. The standard InChI is InChI=1S/C6ClF9O/c7-2(9)4(12)17-6(15,16)5(13,14)1(8)3(10)11. The van der Waals surface area contributed by atoms with Gasteiger partial charge in [-0.2, -0.15) is 39.5 Å². The lowest BCUT2D eigenvalue weighted by molar-refractivity contribution is -0.331. The molecule has 0 aliphatic heterocycles. The Bertz CT molecular complexity index is 352. The van der Waals surface area contributed by atoms with Gasteiger partial charge in [0.15, 0.2) is 0 Å². The molecule has 0 rings (SSSR count). The predicted molar refractivity (Wildman–Crippen MR) is 36.4 cm³/mol. The van der Waals surface area contributed by atoms with Gasteiger partial charge in [0.05, 0.1) is 0 Å². The second kappa shape index (κ2) is 5.07.